The summed E-state index contributed by atoms with van der Waals surface area (Å²) in [7, 11) is 4.11. The lowest BCUT2D eigenvalue weighted by atomic mass is 9.96. The van der Waals surface area contributed by atoms with Crippen molar-refractivity contribution in [1.82, 2.24) is 75.3 Å². The molecule has 32 heteroatoms. The summed E-state index contributed by atoms with van der Waals surface area (Å²) in [6.07, 6.45) is 0.454. The van der Waals surface area contributed by atoms with Crippen molar-refractivity contribution in [3.8, 4) is 131 Å². The Kier molecular flexibility index (Phi) is 32.3. The van der Waals surface area contributed by atoms with Gasteiger partial charge < -0.3 is 51.4 Å². The molecule has 3 saturated heterocycles. The molecular weight excluding hydrogens is 1760 g/mol. The normalized spacial score (nSPS) is 13.7. The topological polar surface area (TPSA) is 274 Å². The molecule has 3 aliphatic rings. The molecule has 0 atom stereocenters. The summed E-state index contributed by atoms with van der Waals surface area (Å²) in [6.45, 7) is 28.2. The van der Waals surface area contributed by atoms with Crippen molar-refractivity contribution in [2.75, 3.05) is 73.2 Å². The van der Waals surface area contributed by atoms with Crippen molar-refractivity contribution < 1.29 is 72.7 Å². The van der Waals surface area contributed by atoms with E-state index in [0.717, 1.165) is 131 Å². The fourth-order valence-corrected chi connectivity index (χ4v) is 15.6. The molecule has 15 aromatic rings. The molecule has 9 aromatic carbocycles. The van der Waals surface area contributed by atoms with Crippen LogP contribution in [0.1, 0.15) is 136 Å². The van der Waals surface area contributed by atoms with Gasteiger partial charge in [-0.25, -0.2) is 4.79 Å². The lowest BCUT2D eigenvalue weighted by Gasteiger charge is -2.32. The van der Waals surface area contributed by atoms with Crippen LogP contribution in [0, 0.1) is 20.8 Å². The van der Waals surface area contributed by atoms with Gasteiger partial charge in [-0.05, 0) is 264 Å². The number of hydrogen-bond donors (Lipinski definition) is 0. The number of halogens is 7. The van der Waals surface area contributed by atoms with E-state index in [0.29, 0.717) is 85.0 Å². The van der Waals surface area contributed by atoms with Gasteiger partial charge in [-0.3, -0.25) is 14.8 Å². The standard InChI is InChI=1S/C26H22F3N3O.C22H25N3O2.C21H29N3O4.C20H23N3O2.C14H7ClF3N3O/c27-26(28,29)23-16-21(12-13-22(23)19-6-2-1-3-7-19)25-30-24(31-33-25)20-10-8-18(9-11-20)17-32-14-4-5-15-32;1-3-26-20-14-19(9-6-16(20)2)22-23-21(24-27-22)18-10-7-17(8-11-18)15-25-12-4-5-13-25;1-6-26-17-13-16(8-7-14(17)2)19-22-18(23-28-19)15-9-11-24(12-10-15)20(25)27-21(3,4)5;1-5-24-18-12-17(9-6-14(18)2)20-21-19(22-25-20)16-10-7-15(8-11-16)13-23(3)4;15-11-2-1-9(7-10(11)14(16,17)18)13-20-12(21-22-13)8-3-5-19-6-4-8/h1-3,6-13,16H,4-5,14-15,17H2;6-11,14H,3-5,12-13,15H2,1-2H3;7-8,13,15H,6,9-12H2,1-5H3;6-12H,5,13H2,1-4H3;1-7H. The molecule has 135 heavy (non-hydrogen) atoms. The van der Waals surface area contributed by atoms with Crippen LogP contribution >= 0.6 is 11.6 Å². The SMILES string of the molecule is CCOc1cc(-c2nc(-c3ccc(CN(C)C)cc3)no2)ccc1C.CCOc1cc(-c2nc(-c3ccc(CN4CCCC4)cc3)no2)ccc1C.CCOc1cc(-c2nc(C3CCN(C(=O)OC(C)(C)C)CC3)no2)ccc1C.FC(F)(F)c1cc(-c2nc(-c3ccc(CN4CCCC4)cc3)no2)ccc1-c1ccccc1.FC(F)(F)c1cc(-c2nc(-c3ccncc3)no2)ccc1Cl. The maximum Gasteiger partial charge on any atom is 0.417 e. The van der Waals surface area contributed by atoms with Crippen LogP contribution in [0.4, 0.5) is 31.1 Å². The van der Waals surface area contributed by atoms with E-state index in [2.05, 4.69) is 121 Å². The number of alkyl halides is 6. The largest absolute Gasteiger partial charge is 0.494 e. The maximum absolute atomic E-state index is 13.8. The van der Waals surface area contributed by atoms with Gasteiger partial charge in [0.2, 0.25) is 23.3 Å². The number of ether oxygens (including phenoxy) is 4. The zero-order valence-electron chi connectivity index (χ0n) is 77.0. The molecule has 0 bridgehead atoms. The molecule has 3 aliphatic heterocycles. The van der Waals surface area contributed by atoms with Gasteiger partial charge in [0.05, 0.1) is 36.0 Å². The van der Waals surface area contributed by atoms with E-state index < -0.39 is 29.1 Å². The maximum atomic E-state index is 13.8. The second kappa shape index (κ2) is 44.9. The zero-order chi connectivity index (χ0) is 95.3. The number of benzene rings is 9. The van der Waals surface area contributed by atoms with Crippen molar-refractivity contribution in [3.05, 3.63) is 274 Å². The molecule has 6 aromatic heterocycles. The molecule has 0 saturated carbocycles. The molecule has 0 unspecified atom stereocenters. The van der Waals surface area contributed by atoms with Crippen molar-refractivity contribution in [3.63, 3.8) is 0 Å². The van der Waals surface area contributed by atoms with Gasteiger partial charge in [-0.2, -0.15) is 51.3 Å². The second-order valence-electron chi connectivity index (χ2n) is 34.0. The highest BCUT2D eigenvalue weighted by atomic mass is 35.5. The summed E-state index contributed by atoms with van der Waals surface area (Å²) < 4.78 is 129. The minimum atomic E-state index is -4.55. The monoisotopic (exact) mass is 1860 g/mol. The number of aromatic nitrogens is 11. The van der Waals surface area contributed by atoms with Crippen LogP contribution in [0.15, 0.2) is 241 Å². The first-order valence-corrected chi connectivity index (χ1v) is 45.2. The molecule has 25 nitrogen and oxygen atoms in total. The van der Waals surface area contributed by atoms with Gasteiger partial charge in [0.25, 0.3) is 29.5 Å². The summed E-state index contributed by atoms with van der Waals surface area (Å²) in [6, 6.07) is 61.6. The minimum Gasteiger partial charge on any atom is -0.494 e. The van der Waals surface area contributed by atoms with Gasteiger partial charge in [0.15, 0.2) is 5.82 Å². The van der Waals surface area contributed by atoms with Gasteiger partial charge in [0, 0.05) is 101 Å². The Bertz CT molecular complexity index is 6360. The van der Waals surface area contributed by atoms with Crippen LogP contribution in [0.3, 0.4) is 0 Å². The van der Waals surface area contributed by atoms with Crippen molar-refractivity contribution >= 4 is 17.7 Å². The molecule has 1 amide bonds. The molecule has 0 spiro atoms. The molecule has 0 radical (unpaired) electrons. The van der Waals surface area contributed by atoms with Crippen molar-refractivity contribution in [2.45, 2.75) is 144 Å². The van der Waals surface area contributed by atoms with Crippen LogP contribution in [0.2, 0.25) is 5.02 Å². The summed E-state index contributed by atoms with van der Waals surface area (Å²) in [5.74, 6) is 6.71. The predicted molar refractivity (Wildman–Crippen MR) is 503 cm³/mol. The fourth-order valence-electron chi connectivity index (χ4n) is 15.3. The fraction of sp³-hybridized carbons (Fsp3) is 0.320. The quantitative estimate of drug-likeness (QED) is 0.0538. The Morgan fingerprint density at radius 1 is 0.415 bits per heavy atom. The number of piperidine rings is 1. The highest BCUT2D eigenvalue weighted by Crippen LogP contribution is 2.42. The summed E-state index contributed by atoms with van der Waals surface area (Å²) in [4.78, 5) is 47.0. The van der Waals surface area contributed by atoms with E-state index in [1.165, 1.54) is 67.6 Å². The number of likely N-dealkylation sites (tertiary alicyclic amines) is 3. The molecule has 3 fully saturated rings. The lowest BCUT2D eigenvalue weighted by molar-refractivity contribution is -0.138. The first-order chi connectivity index (χ1) is 65.0. The number of nitrogens with zero attached hydrogens (tertiary/aromatic N) is 15. The molecule has 0 aliphatic carbocycles. The van der Waals surface area contributed by atoms with E-state index in [1.54, 1.807) is 65.8 Å². The highest BCUT2D eigenvalue weighted by Gasteiger charge is 2.37. The molecule has 18 rings (SSSR count). The van der Waals surface area contributed by atoms with E-state index in [9.17, 15) is 31.1 Å². The Labute approximate surface area is 784 Å². The van der Waals surface area contributed by atoms with Crippen LogP contribution in [0.25, 0.3) is 114 Å². The number of carbonyl (C=O) groups is 1. The number of carbonyl (C=O) groups excluding carboxylic acids is 1. The Morgan fingerprint density at radius 3 is 1.16 bits per heavy atom. The lowest BCUT2D eigenvalue weighted by Crippen LogP contribution is -2.41. The Balaban J connectivity index is 0.000000136. The smallest absolute Gasteiger partial charge is 0.417 e. The van der Waals surface area contributed by atoms with E-state index in [-0.39, 0.29) is 51.3 Å². The number of pyridine rings is 1. The average Bonchev–Trinajstić information content (AvgIpc) is 1.77. The number of rotatable bonds is 23. The van der Waals surface area contributed by atoms with Crippen LogP contribution < -0.4 is 14.2 Å². The van der Waals surface area contributed by atoms with Gasteiger partial charge in [-0.15, -0.1) is 0 Å². The molecular formula is C103H106ClF6N15O10. The summed E-state index contributed by atoms with van der Waals surface area (Å²) in [5.41, 5.74) is 11.7. The Morgan fingerprint density at radius 2 is 0.770 bits per heavy atom. The van der Waals surface area contributed by atoms with Crippen LogP contribution in [-0.2, 0) is 36.7 Å². The third-order valence-electron chi connectivity index (χ3n) is 22.3. The number of aryl methyl sites for hydroxylation is 3. The zero-order valence-corrected chi connectivity index (χ0v) is 77.8. The summed E-state index contributed by atoms with van der Waals surface area (Å²) in [5, 5.41) is 19.8. The van der Waals surface area contributed by atoms with Crippen molar-refractivity contribution in [1.29, 1.82) is 0 Å². The van der Waals surface area contributed by atoms with Crippen LogP contribution in [0.5, 0.6) is 17.2 Å². The third-order valence-corrected chi connectivity index (χ3v) is 22.7. The minimum absolute atomic E-state index is 0.0195. The predicted octanol–water partition coefficient (Wildman–Crippen LogP) is 24.6. The Hall–Kier alpha value is -13.8. The van der Waals surface area contributed by atoms with Crippen molar-refractivity contribution in [2.24, 2.45) is 0 Å². The number of amides is 1. The third kappa shape index (κ3) is 26.4. The van der Waals surface area contributed by atoms with E-state index >= 15 is 0 Å². The van der Waals surface area contributed by atoms with Gasteiger partial charge in [-0.1, -0.05) is 165 Å². The van der Waals surface area contributed by atoms with Gasteiger partial charge >= 0.3 is 18.4 Å². The molecule has 0 N–H and O–H groups in total. The van der Waals surface area contributed by atoms with E-state index in [4.69, 9.17) is 53.2 Å². The first-order valence-electron chi connectivity index (χ1n) is 44.8. The second-order valence-corrected chi connectivity index (χ2v) is 34.4. The highest BCUT2D eigenvalue weighted by molar-refractivity contribution is 6.31. The van der Waals surface area contributed by atoms with Crippen LogP contribution in [-0.4, -0.2) is 160 Å². The summed E-state index contributed by atoms with van der Waals surface area (Å²) >= 11 is 5.58. The molecule has 9 heterocycles. The van der Waals surface area contributed by atoms with Gasteiger partial charge in [0.1, 0.15) is 22.8 Å². The van der Waals surface area contributed by atoms with E-state index in [1.807, 2.05) is 153 Å². The number of hydrogen-bond acceptors (Lipinski definition) is 24. The molecule has 702 valence electrons. The first kappa shape index (κ1) is 97.3. The average molecular weight is 1860 g/mol.